The Morgan fingerprint density at radius 2 is 2.03 bits per heavy atom. The van der Waals surface area contributed by atoms with Gasteiger partial charge in [-0.3, -0.25) is 19.0 Å². The zero-order valence-electron chi connectivity index (χ0n) is 16.7. The van der Waals surface area contributed by atoms with Gasteiger partial charge in [0.15, 0.2) is 5.69 Å². The number of aromatic hydroxyl groups is 1. The number of fused-ring (bicyclic) bond motifs is 1. The second-order valence-electron chi connectivity index (χ2n) is 7.16. The minimum Gasteiger partial charge on any atom is -0.501 e. The van der Waals surface area contributed by atoms with Crippen LogP contribution in [0.25, 0.3) is 0 Å². The zero-order valence-corrected chi connectivity index (χ0v) is 17.5. The van der Waals surface area contributed by atoms with Crippen molar-refractivity contribution >= 4 is 23.6 Å². The molecule has 0 radical (unpaired) electrons. The summed E-state index contributed by atoms with van der Waals surface area (Å²) in [6.45, 7) is 0.485. The van der Waals surface area contributed by atoms with Gasteiger partial charge in [0.05, 0.1) is 11.0 Å². The van der Waals surface area contributed by atoms with Gasteiger partial charge in [0.2, 0.25) is 11.7 Å². The molecule has 1 aromatic carbocycles. The van der Waals surface area contributed by atoms with Crippen molar-refractivity contribution in [1.82, 2.24) is 19.8 Å². The highest BCUT2D eigenvalue weighted by Crippen LogP contribution is 2.35. The van der Waals surface area contributed by atoms with E-state index in [-0.39, 0.29) is 35.0 Å². The molecule has 0 spiro atoms. The Kier molecular flexibility index (Phi) is 6.76. The number of thioether (sulfide) groups is 1. The topological polar surface area (TPSA) is 105 Å². The van der Waals surface area contributed by atoms with Crippen LogP contribution in [0.2, 0.25) is 0 Å². The van der Waals surface area contributed by atoms with Crippen molar-refractivity contribution in [3.63, 3.8) is 0 Å². The molecule has 3 rings (SSSR count). The normalized spacial score (nSPS) is 15.4. The number of benzene rings is 1. The summed E-state index contributed by atoms with van der Waals surface area (Å²) in [7, 11) is 3.34. The summed E-state index contributed by atoms with van der Waals surface area (Å²) < 4.78 is 14.4. The molecule has 2 amide bonds. The Morgan fingerprint density at radius 3 is 2.70 bits per heavy atom. The highest BCUT2D eigenvalue weighted by atomic mass is 32.2. The van der Waals surface area contributed by atoms with E-state index in [4.69, 9.17) is 0 Å². The van der Waals surface area contributed by atoms with Crippen molar-refractivity contribution in [1.29, 1.82) is 0 Å². The Labute approximate surface area is 177 Å². The minimum atomic E-state index is -0.703. The van der Waals surface area contributed by atoms with Gasteiger partial charge in [-0.25, -0.2) is 9.37 Å². The summed E-state index contributed by atoms with van der Waals surface area (Å²) >= 11 is 1.36. The second kappa shape index (κ2) is 9.29. The van der Waals surface area contributed by atoms with E-state index in [1.165, 1.54) is 45.5 Å². The molecular weight excluding hydrogens is 411 g/mol. The molecule has 1 atom stereocenters. The van der Waals surface area contributed by atoms with Crippen LogP contribution in [0.5, 0.6) is 5.75 Å². The molecule has 1 aliphatic heterocycles. The van der Waals surface area contributed by atoms with E-state index in [0.717, 1.165) is 0 Å². The second-order valence-corrected chi connectivity index (χ2v) is 8.35. The third-order valence-electron chi connectivity index (χ3n) is 4.80. The number of nitrogens with one attached hydrogen (secondary N) is 1. The highest BCUT2D eigenvalue weighted by Gasteiger charge is 2.29. The van der Waals surface area contributed by atoms with E-state index in [0.29, 0.717) is 30.8 Å². The SMILES string of the molecule is CN(C)C(=O)CSC1CCCn2c1nc(C(=O)NCc1ccc(F)cc1)c(O)c2=O. The van der Waals surface area contributed by atoms with E-state index in [1.807, 2.05) is 0 Å². The van der Waals surface area contributed by atoms with E-state index in [2.05, 4.69) is 10.3 Å². The van der Waals surface area contributed by atoms with E-state index in [9.17, 15) is 23.9 Å². The number of hydrogen-bond acceptors (Lipinski definition) is 6. The lowest BCUT2D eigenvalue weighted by molar-refractivity contribution is -0.125. The van der Waals surface area contributed by atoms with Crippen LogP contribution in [-0.2, 0) is 17.9 Å². The van der Waals surface area contributed by atoms with Gasteiger partial charge in [0.1, 0.15) is 11.6 Å². The predicted molar refractivity (Wildman–Crippen MR) is 111 cm³/mol. The smallest absolute Gasteiger partial charge is 0.296 e. The van der Waals surface area contributed by atoms with Gasteiger partial charge in [-0.15, -0.1) is 11.8 Å². The fraction of sp³-hybridized carbons (Fsp3) is 0.400. The molecule has 0 fully saturated rings. The van der Waals surface area contributed by atoms with Crippen molar-refractivity contribution < 1.29 is 19.1 Å². The number of hydrogen-bond donors (Lipinski definition) is 2. The zero-order chi connectivity index (χ0) is 21.8. The lowest BCUT2D eigenvalue weighted by atomic mass is 10.1. The van der Waals surface area contributed by atoms with Gasteiger partial charge >= 0.3 is 0 Å². The lowest BCUT2D eigenvalue weighted by Gasteiger charge is -2.26. The van der Waals surface area contributed by atoms with Gasteiger partial charge in [-0.2, -0.15) is 0 Å². The highest BCUT2D eigenvalue weighted by molar-refractivity contribution is 8.00. The number of aromatic nitrogens is 2. The fourth-order valence-corrected chi connectivity index (χ4v) is 4.34. The molecule has 10 heteroatoms. The number of rotatable bonds is 6. The first-order chi connectivity index (χ1) is 14.3. The molecule has 0 aliphatic carbocycles. The molecule has 2 aromatic rings. The summed E-state index contributed by atoms with van der Waals surface area (Å²) in [6, 6.07) is 5.61. The standard InChI is InChI=1S/C20H23FN4O4S/c1-24(2)15(26)11-30-14-4-3-9-25-18(14)23-16(17(27)20(25)29)19(28)22-10-12-5-7-13(21)8-6-12/h5-8,14,27H,3-4,9-11H2,1-2H3,(H,22,28). The largest absolute Gasteiger partial charge is 0.501 e. The Bertz CT molecular complexity index is 1010. The minimum absolute atomic E-state index is 0.0597. The van der Waals surface area contributed by atoms with Crippen LogP contribution in [0.15, 0.2) is 29.1 Å². The number of carbonyl (C=O) groups is 2. The van der Waals surface area contributed by atoms with Gasteiger partial charge in [0.25, 0.3) is 11.5 Å². The summed E-state index contributed by atoms with van der Waals surface area (Å²) in [6.07, 6.45) is 1.41. The molecule has 2 heterocycles. The van der Waals surface area contributed by atoms with Gasteiger partial charge < -0.3 is 15.3 Å². The molecule has 0 bridgehead atoms. The summed E-state index contributed by atoms with van der Waals surface area (Å²) in [4.78, 5) is 42.9. The van der Waals surface area contributed by atoms with Crippen molar-refractivity contribution in [2.45, 2.75) is 31.2 Å². The summed E-state index contributed by atoms with van der Waals surface area (Å²) in [5.74, 6) is -1.24. The molecule has 160 valence electrons. The number of amides is 2. The molecule has 8 nitrogen and oxygen atoms in total. The molecule has 30 heavy (non-hydrogen) atoms. The summed E-state index contributed by atoms with van der Waals surface area (Å²) in [5.41, 5.74) is -0.356. The van der Waals surface area contributed by atoms with Crippen LogP contribution >= 0.6 is 11.8 Å². The first-order valence-electron chi connectivity index (χ1n) is 9.46. The van der Waals surface area contributed by atoms with Crippen LogP contribution in [0.4, 0.5) is 4.39 Å². The first-order valence-corrected chi connectivity index (χ1v) is 10.5. The number of halogens is 1. The molecule has 1 aliphatic rings. The summed E-state index contributed by atoms with van der Waals surface area (Å²) in [5, 5.41) is 12.6. The van der Waals surface area contributed by atoms with Crippen LogP contribution in [-0.4, -0.2) is 51.2 Å². The molecule has 0 saturated heterocycles. The van der Waals surface area contributed by atoms with Crippen LogP contribution in [0.3, 0.4) is 0 Å². The Hall–Kier alpha value is -2.88. The average molecular weight is 434 g/mol. The van der Waals surface area contributed by atoms with Crippen LogP contribution in [0, 0.1) is 5.82 Å². The third-order valence-corrected chi connectivity index (χ3v) is 6.06. The molecule has 0 saturated carbocycles. The molecule has 1 aromatic heterocycles. The monoisotopic (exact) mass is 434 g/mol. The van der Waals surface area contributed by atoms with Crippen molar-refractivity contribution in [3.05, 3.63) is 57.5 Å². The predicted octanol–water partition coefficient (Wildman–Crippen LogP) is 1.67. The van der Waals surface area contributed by atoms with E-state index in [1.54, 1.807) is 14.1 Å². The maximum absolute atomic E-state index is 13.0. The lowest BCUT2D eigenvalue weighted by Crippen LogP contribution is -2.34. The number of nitrogens with zero attached hydrogens (tertiary/aromatic N) is 3. The average Bonchev–Trinajstić information content (AvgIpc) is 2.73. The van der Waals surface area contributed by atoms with Gasteiger partial charge in [-0.05, 0) is 30.5 Å². The van der Waals surface area contributed by atoms with Gasteiger partial charge in [0, 0.05) is 27.2 Å². The van der Waals surface area contributed by atoms with Crippen molar-refractivity contribution in [2.75, 3.05) is 19.8 Å². The quantitative estimate of drug-likeness (QED) is 0.717. The first kappa shape index (κ1) is 21.8. The maximum Gasteiger partial charge on any atom is 0.296 e. The van der Waals surface area contributed by atoms with Gasteiger partial charge in [-0.1, -0.05) is 12.1 Å². The van der Waals surface area contributed by atoms with E-state index >= 15 is 0 Å². The molecule has 2 N–H and O–H groups in total. The Morgan fingerprint density at radius 1 is 1.33 bits per heavy atom. The maximum atomic E-state index is 13.0. The third kappa shape index (κ3) is 4.81. The molecular formula is C20H23FN4O4S. The molecule has 1 unspecified atom stereocenters. The Balaban J connectivity index is 1.81. The van der Waals surface area contributed by atoms with Crippen molar-refractivity contribution in [3.8, 4) is 5.75 Å². The van der Waals surface area contributed by atoms with E-state index < -0.39 is 17.2 Å². The van der Waals surface area contributed by atoms with Crippen LogP contribution < -0.4 is 10.9 Å². The fourth-order valence-electron chi connectivity index (χ4n) is 3.07. The van der Waals surface area contributed by atoms with Crippen LogP contribution in [0.1, 0.15) is 40.0 Å². The number of carbonyl (C=O) groups excluding carboxylic acids is 2. The van der Waals surface area contributed by atoms with Crippen molar-refractivity contribution in [2.24, 2.45) is 0 Å².